The topological polar surface area (TPSA) is 49.8 Å². The zero-order chi connectivity index (χ0) is 13.3. The Bertz CT molecular complexity index is 454. The van der Waals surface area contributed by atoms with Gasteiger partial charge in [-0.2, -0.15) is 0 Å². The van der Waals surface area contributed by atoms with Gasteiger partial charge in [0, 0.05) is 18.8 Å². The molecule has 1 fully saturated rings. The molecule has 0 aliphatic carbocycles. The van der Waals surface area contributed by atoms with E-state index in [4.69, 9.17) is 21.4 Å². The second-order valence-electron chi connectivity index (χ2n) is 4.63. The van der Waals surface area contributed by atoms with Crippen molar-refractivity contribution in [3.05, 3.63) is 28.8 Å². The molecule has 0 saturated carbocycles. The third kappa shape index (κ3) is 2.76. The van der Waals surface area contributed by atoms with Crippen LogP contribution in [0, 0.1) is 0 Å². The monoisotopic (exact) mass is 269 g/mol. The first-order valence-electron chi connectivity index (χ1n) is 5.90. The van der Waals surface area contributed by atoms with Crippen LogP contribution in [0.5, 0.6) is 0 Å². The van der Waals surface area contributed by atoms with Crippen molar-refractivity contribution in [2.24, 2.45) is 0 Å². The molecule has 0 radical (unpaired) electrons. The van der Waals surface area contributed by atoms with Gasteiger partial charge in [0.25, 0.3) is 0 Å². The highest BCUT2D eigenvalue weighted by atomic mass is 35.5. The van der Waals surface area contributed by atoms with Crippen LogP contribution in [0.2, 0.25) is 5.02 Å². The first-order valence-corrected chi connectivity index (χ1v) is 6.28. The third-order valence-corrected chi connectivity index (χ3v) is 3.28. The molecule has 0 spiro atoms. The Kier molecular flexibility index (Phi) is 3.78. The standard InChI is InChI=1S/C13H16ClNO3/c1-8-6-15(7-9(2)18-8)10-3-4-11(13(16)17)12(14)5-10/h3-5,8-9H,6-7H2,1-2H3,(H,16,17)/t8-,9+. The maximum Gasteiger partial charge on any atom is 0.337 e. The lowest BCUT2D eigenvalue weighted by Gasteiger charge is -2.37. The Balaban J connectivity index is 2.23. The highest BCUT2D eigenvalue weighted by Crippen LogP contribution is 2.26. The van der Waals surface area contributed by atoms with Gasteiger partial charge in [0.05, 0.1) is 22.8 Å². The lowest BCUT2D eigenvalue weighted by Crippen LogP contribution is -2.45. The van der Waals surface area contributed by atoms with Crippen molar-refractivity contribution in [3.8, 4) is 0 Å². The van der Waals surface area contributed by atoms with Crippen LogP contribution in [0.4, 0.5) is 5.69 Å². The molecule has 1 N–H and O–H groups in total. The summed E-state index contributed by atoms with van der Waals surface area (Å²) in [5, 5.41) is 9.20. The summed E-state index contributed by atoms with van der Waals surface area (Å²) in [5.74, 6) is -1.00. The summed E-state index contributed by atoms with van der Waals surface area (Å²) in [5.41, 5.74) is 1.07. The van der Waals surface area contributed by atoms with Crippen LogP contribution in [-0.2, 0) is 4.74 Å². The van der Waals surface area contributed by atoms with E-state index in [1.807, 2.05) is 13.8 Å². The van der Waals surface area contributed by atoms with Crippen LogP contribution in [0.1, 0.15) is 24.2 Å². The van der Waals surface area contributed by atoms with Crippen LogP contribution < -0.4 is 4.90 Å². The average Bonchev–Trinajstić information content (AvgIpc) is 2.26. The van der Waals surface area contributed by atoms with E-state index in [0.29, 0.717) is 0 Å². The number of benzene rings is 1. The molecule has 98 valence electrons. The molecule has 1 aliphatic heterocycles. The number of anilines is 1. The summed E-state index contributed by atoms with van der Waals surface area (Å²) in [4.78, 5) is 13.1. The molecule has 1 aromatic carbocycles. The first kappa shape index (κ1) is 13.2. The van der Waals surface area contributed by atoms with Crippen molar-refractivity contribution in [1.29, 1.82) is 0 Å². The lowest BCUT2D eigenvalue weighted by atomic mass is 10.1. The Labute approximate surface area is 111 Å². The number of carbonyl (C=O) groups is 1. The molecule has 1 saturated heterocycles. The number of ether oxygens (including phenoxy) is 1. The van der Waals surface area contributed by atoms with Crippen LogP contribution in [-0.4, -0.2) is 36.4 Å². The van der Waals surface area contributed by atoms with Crippen LogP contribution in [0.15, 0.2) is 18.2 Å². The second-order valence-corrected chi connectivity index (χ2v) is 5.04. The molecule has 5 heteroatoms. The maximum absolute atomic E-state index is 10.9. The predicted molar refractivity (Wildman–Crippen MR) is 70.6 cm³/mol. The van der Waals surface area contributed by atoms with E-state index in [1.54, 1.807) is 18.2 Å². The molecule has 4 nitrogen and oxygen atoms in total. The zero-order valence-electron chi connectivity index (χ0n) is 10.4. The Morgan fingerprint density at radius 2 is 2.00 bits per heavy atom. The fourth-order valence-corrected chi connectivity index (χ4v) is 2.52. The Morgan fingerprint density at radius 3 is 2.50 bits per heavy atom. The molecule has 0 unspecified atom stereocenters. The molecular weight excluding hydrogens is 254 g/mol. The predicted octanol–water partition coefficient (Wildman–Crippen LogP) is 2.65. The number of hydrogen-bond acceptors (Lipinski definition) is 3. The fraction of sp³-hybridized carbons (Fsp3) is 0.462. The number of nitrogens with zero attached hydrogens (tertiary/aromatic N) is 1. The van der Waals surface area contributed by atoms with E-state index in [1.165, 1.54) is 0 Å². The number of carboxylic acids is 1. The molecule has 2 rings (SSSR count). The third-order valence-electron chi connectivity index (χ3n) is 2.97. The Morgan fingerprint density at radius 1 is 1.39 bits per heavy atom. The number of morpholine rings is 1. The number of carboxylic acid groups (broad SMARTS) is 1. The van der Waals surface area contributed by atoms with Gasteiger partial charge in [-0.05, 0) is 32.0 Å². The highest BCUT2D eigenvalue weighted by Gasteiger charge is 2.23. The summed E-state index contributed by atoms with van der Waals surface area (Å²) >= 11 is 5.98. The SMILES string of the molecule is C[C@@H]1CN(c2ccc(C(=O)O)c(Cl)c2)C[C@H](C)O1. The van der Waals surface area contributed by atoms with E-state index < -0.39 is 5.97 Å². The van der Waals surface area contributed by atoms with E-state index in [2.05, 4.69) is 4.90 Å². The molecule has 1 aromatic rings. The summed E-state index contributed by atoms with van der Waals surface area (Å²) in [7, 11) is 0. The number of hydrogen-bond donors (Lipinski definition) is 1. The smallest absolute Gasteiger partial charge is 0.337 e. The normalized spacial score (nSPS) is 24.1. The number of aromatic carboxylic acids is 1. The van der Waals surface area contributed by atoms with E-state index in [-0.39, 0.29) is 22.8 Å². The molecule has 1 aliphatic rings. The number of rotatable bonds is 2. The van der Waals surface area contributed by atoms with Crippen molar-refractivity contribution >= 4 is 23.3 Å². The van der Waals surface area contributed by atoms with E-state index in [0.717, 1.165) is 18.8 Å². The summed E-state index contributed by atoms with van der Waals surface area (Å²) in [6.07, 6.45) is 0.318. The number of halogens is 1. The van der Waals surface area contributed by atoms with Gasteiger partial charge >= 0.3 is 5.97 Å². The van der Waals surface area contributed by atoms with Gasteiger partial charge in [0.15, 0.2) is 0 Å². The van der Waals surface area contributed by atoms with Gasteiger partial charge in [-0.15, -0.1) is 0 Å². The van der Waals surface area contributed by atoms with E-state index >= 15 is 0 Å². The van der Waals surface area contributed by atoms with Gasteiger partial charge in [0.1, 0.15) is 0 Å². The van der Waals surface area contributed by atoms with Crippen molar-refractivity contribution in [2.45, 2.75) is 26.1 Å². The van der Waals surface area contributed by atoms with Crippen LogP contribution in [0.3, 0.4) is 0 Å². The minimum atomic E-state index is -1.00. The van der Waals surface area contributed by atoms with Gasteiger partial charge in [-0.1, -0.05) is 11.6 Å². The first-order chi connectivity index (χ1) is 8.47. The largest absolute Gasteiger partial charge is 0.478 e. The minimum Gasteiger partial charge on any atom is -0.478 e. The van der Waals surface area contributed by atoms with Crippen molar-refractivity contribution in [2.75, 3.05) is 18.0 Å². The van der Waals surface area contributed by atoms with Gasteiger partial charge in [-0.25, -0.2) is 4.79 Å². The molecule has 0 amide bonds. The lowest BCUT2D eigenvalue weighted by molar-refractivity contribution is -0.00522. The van der Waals surface area contributed by atoms with Crippen LogP contribution in [0.25, 0.3) is 0 Å². The van der Waals surface area contributed by atoms with Gasteiger partial charge in [0.2, 0.25) is 0 Å². The van der Waals surface area contributed by atoms with Crippen molar-refractivity contribution in [1.82, 2.24) is 0 Å². The van der Waals surface area contributed by atoms with Crippen molar-refractivity contribution in [3.63, 3.8) is 0 Å². The molecule has 0 bridgehead atoms. The Hall–Kier alpha value is -1.26. The van der Waals surface area contributed by atoms with E-state index in [9.17, 15) is 4.79 Å². The summed E-state index contributed by atoms with van der Waals surface area (Å²) < 4.78 is 5.66. The summed E-state index contributed by atoms with van der Waals surface area (Å²) in [6.45, 7) is 5.62. The molecule has 1 heterocycles. The molecular formula is C13H16ClNO3. The van der Waals surface area contributed by atoms with Gasteiger partial charge in [-0.3, -0.25) is 0 Å². The zero-order valence-corrected chi connectivity index (χ0v) is 11.1. The minimum absolute atomic E-state index is 0.134. The van der Waals surface area contributed by atoms with Crippen molar-refractivity contribution < 1.29 is 14.6 Å². The molecule has 18 heavy (non-hydrogen) atoms. The molecule has 2 atom stereocenters. The summed E-state index contributed by atoms with van der Waals surface area (Å²) in [6, 6.07) is 5.04. The van der Waals surface area contributed by atoms with Crippen LogP contribution >= 0.6 is 11.6 Å². The second kappa shape index (κ2) is 5.16. The average molecular weight is 270 g/mol. The highest BCUT2D eigenvalue weighted by molar-refractivity contribution is 6.33. The fourth-order valence-electron chi connectivity index (χ4n) is 2.26. The van der Waals surface area contributed by atoms with Gasteiger partial charge < -0.3 is 14.7 Å². The molecule has 0 aromatic heterocycles. The quantitative estimate of drug-likeness (QED) is 0.897. The maximum atomic E-state index is 10.9.